The molecule has 1 heterocycles. The standard InChI is InChI=1S/C15H15ClN2O2S/c1-10-2-5-14(13(16)8-10)18-21(19,20)12-4-3-11-6-7-17-15(11)9-12/h2-5,8-9,17-18H,6-7H2,1H3. The summed E-state index contributed by atoms with van der Waals surface area (Å²) in [5.41, 5.74) is 3.38. The molecule has 0 saturated heterocycles. The van der Waals surface area contributed by atoms with E-state index in [0.717, 1.165) is 29.8 Å². The molecule has 0 unspecified atom stereocenters. The molecular formula is C15H15ClN2O2S. The molecule has 0 aliphatic carbocycles. The smallest absolute Gasteiger partial charge is 0.262 e. The number of halogens is 1. The summed E-state index contributed by atoms with van der Waals surface area (Å²) in [6.45, 7) is 2.74. The lowest BCUT2D eigenvalue weighted by Gasteiger charge is -2.11. The highest BCUT2D eigenvalue weighted by Crippen LogP contribution is 2.28. The third kappa shape index (κ3) is 2.84. The van der Waals surface area contributed by atoms with Crippen molar-refractivity contribution >= 4 is 33.0 Å². The molecule has 0 saturated carbocycles. The second-order valence-corrected chi connectivity index (χ2v) is 7.17. The van der Waals surface area contributed by atoms with Crippen molar-refractivity contribution in [2.75, 3.05) is 16.6 Å². The molecule has 6 heteroatoms. The molecule has 0 amide bonds. The number of rotatable bonds is 3. The van der Waals surface area contributed by atoms with E-state index in [1.807, 2.05) is 19.1 Å². The maximum atomic E-state index is 12.4. The Morgan fingerprint density at radius 2 is 2.00 bits per heavy atom. The fraction of sp³-hybridized carbons (Fsp3) is 0.200. The monoisotopic (exact) mass is 322 g/mol. The summed E-state index contributed by atoms with van der Waals surface area (Å²) in [6, 6.07) is 10.3. The van der Waals surface area contributed by atoms with Gasteiger partial charge in [0.1, 0.15) is 0 Å². The number of hydrogen-bond donors (Lipinski definition) is 2. The van der Waals surface area contributed by atoms with Crippen LogP contribution in [-0.2, 0) is 16.4 Å². The van der Waals surface area contributed by atoms with E-state index in [1.54, 1.807) is 24.3 Å². The maximum absolute atomic E-state index is 12.4. The molecule has 4 nitrogen and oxygen atoms in total. The van der Waals surface area contributed by atoms with E-state index in [9.17, 15) is 8.42 Å². The van der Waals surface area contributed by atoms with E-state index in [0.29, 0.717) is 10.7 Å². The van der Waals surface area contributed by atoms with Gasteiger partial charge in [-0.3, -0.25) is 4.72 Å². The summed E-state index contributed by atoms with van der Waals surface area (Å²) in [5, 5.41) is 3.56. The van der Waals surface area contributed by atoms with Crippen molar-refractivity contribution in [3.05, 3.63) is 52.5 Å². The van der Waals surface area contributed by atoms with Crippen molar-refractivity contribution in [3.63, 3.8) is 0 Å². The lowest BCUT2D eigenvalue weighted by Crippen LogP contribution is -2.13. The molecule has 0 radical (unpaired) electrons. The summed E-state index contributed by atoms with van der Waals surface area (Å²) < 4.78 is 27.4. The lowest BCUT2D eigenvalue weighted by atomic mass is 10.2. The fourth-order valence-electron chi connectivity index (χ4n) is 2.34. The van der Waals surface area contributed by atoms with Gasteiger partial charge in [-0.15, -0.1) is 0 Å². The molecule has 2 N–H and O–H groups in total. The summed E-state index contributed by atoms with van der Waals surface area (Å²) >= 11 is 6.08. The Kier molecular flexibility index (Phi) is 3.55. The minimum absolute atomic E-state index is 0.229. The van der Waals surface area contributed by atoms with Gasteiger partial charge >= 0.3 is 0 Å². The van der Waals surface area contributed by atoms with Gasteiger partial charge in [-0.2, -0.15) is 0 Å². The van der Waals surface area contributed by atoms with Crippen LogP contribution in [0.25, 0.3) is 0 Å². The number of anilines is 2. The van der Waals surface area contributed by atoms with E-state index in [4.69, 9.17) is 11.6 Å². The Bertz CT molecular complexity index is 803. The average molecular weight is 323 g/mol. The molecule has 110 valence electrons. The van der Waals surface area contributed by atoms with Crippen LogP contribution in [0.1, 0.15) is 11.1 Å². The fourth-order valence-corrected chi connectivity index (χ4v) is 3.79. The summed E-state index contributed by atoms with van der Waals surface area (Å²) in [6.07, 6.45) is 0.923. The molecule has 0 fully saturated rings. The summed E-state index contributed by atoms with van der Waals surface area (Å²) in [4.78, 5) is 0.229. The van der Waals surface area contributed by atoms with Gasteiger partial charge in [0.2, 0.25) is 0 Å². The largest absolute Gasteiger partial charge is 0.384 e. The van der Waals surface area contributed by atoms with Crippen molar-refractivity contribution in [1.29, 1.82) is 0 Å². The number of sulfonamides is 1. The molecule has 1 aliphatic heterocycles. The van der Waals surface area contributed by atoms with Gasteiger partial charge in [0, 0.05) is 12.2 Å². The first-order valence-corrected chi connectivity index (χ1v) is 8.47. The van der Waals surface area contributed by atoms with Crippen LogP contribution in [0.4, 0.5) is 11.4 Å². The molecule has 1 aliphatic rings. The highest BCUT2D eigenvalue weighted by Gasteiger charge is 2.19. The van der Waals surface area contributed by atoms with Crippen LogP contribution in [0, 0.1) is 6.92 Å². The molecular weight excluding hydrogens is 308 g/mol. The van der Waals surface area contributed by atoms with E-state index >= 15 is 0 Å². The van der Waals surface area contributed by atoms with Crippen molar-refractivity contribution in [2.24, 2.45) is 0 Å². The van der Waals surface area contributed by atoms with E-state index < -0.39 is 10.0 Å². The van der Waals surface area contributed by atoms with Gasteiger partial charge in [-0.25, -0.2) is 8.42 Å². The van der Waals surface area contributed by atoms with Crippen LogP contribution in [-0.4, -0.2) is 15.0 Å². The number of aryl methyl sites for hydroxylation is 1. The Balaban J connectivity index is 1.93. The van der Waals surface area contributed by atoms with Crippen LogP contribution >= 0.6 is 11.6 Å². The number of benzene rings is 2. The van der Waals surface area contributed by atoms with Gasteiger partial charge in [-0.1, -0.05) is 23.7 Å². The van der Waals surface area contributed by atoms with Crippen molar-refractivity contribution < 1.29 is 8.42 Å². The third-order valence-corrected chi connectivity index (χ3v) is 5.15. The SMILES string of the molecule is Cc1ccc(NS(=O)(=O)c2ccc3c(c2)NCC3)c(Cl)c1. The number of nitrogens with one attached hydrogen (secondary N) is 2. The number of fused-ring (bicyclic) bond motifs is 1. The Morgan fingerprint density at radius 1 is 1.19 bits per heavy atom. The zero-order valence-corrected chi connectivity index (χ0v) is 13.1. The minimum Gasteiger partial charge on any atom is -0.384 e. The van der Waals surface area contributed by atoms with Crippen molar-refractivity contribution in [1.82, 2.24) is 0 Å². The topological polar surface area (TPSA) is 58.2 Å². The highest BCUT2D eigenvalue weighted by atomic mass is 35.5. The second-order valence-electron chi connectivity index (χ2n) is 5.08. The first kappa shape index (κ1) is 14.2. The summed E-state index contributed by atoms with van der Waals surface area (Å²) in [7, 11) is -3.64. The first-order chi connectivity index (χ1) is 9.95. The predicted octanol–water partition coefficient (Wildman–Crippen LogP) is 3.42. The maximum Gasteiger partial charge on any atom is 0.262 e. The average Bonchev–Trinajstić information content (AvgIpc) is 2.89. The zero-order chi connectivity index (χ0) is 15.0. The number of hydrogen-bond acceptors (Lipinski definition) is 3. The van der Waals surface area contributed by atoms with Crippen molar-refractivity contribution in [2.45, 2.75) is 18.2 Å². The Morgan fingerprint density at radius 3 is 2.76 bits per heavy atom. The quantitative estimate of drug-likeness (QED) is 0.910. The molecule has 2 aromatic carbocycles. The van der Waals surface area contributed by atoms with Crippen LogP contribution < -0.4 is 10.0 Å². The van der Waals surface area contributed by atoms with Gasteiger partial charge in [0.05, 0.1) is 15.6 Å². The van der Waals surface area contributed by atoms with E-state index in [1.165, 1.54) is 0 Å². The van der Waals surface area contributed by atoms with Crippen LogP contribution in [0.3, 0.4) is 0 Å². The molecule has 21 heavy (non-hydrogen) atoms. The molecule has 0 aromatic heterocycles. The third-order valence-electron chi connectivity index (χ3n) is 3.47. The van der Waals surface area contributed by atoms with Crippen molar-refractivity contribution in [3.8, 4) is 0 Å². The molecule has 0 spiro atoms. The molecule has 2 aromatic rings. The highest BCUT2D eigenvalue weighted by molar-refractivity contribution is 7.92. The van der Waals surface area contributed by atoms with Gasteiger partial charge in [-0.05, 0) is 48.7 Å². The van der Waals surface area contributed by atoms with Gasteiger partial charge < -0.3 is 5.32 Å². The minimum atomic E-state index is -3.64. The molecule has 3 rings (SSSR count). The zero-order valence-electron chi connectivity index (χ0n) is 11.5. The summed E-state index contributed by atoms with van der Waals surface area (Å²) in [5.74, 6) is 0. The predicted molar refractivity (Wildman–Crippen MR) is 85.6 cm³/mol. The molecule has 0 bridgehead atoms. The van der Waals surface area contributed by atoms with E-state index in [-0.39, 0.29) is 4.90 Å². The van der Waals surface area contributed by atoms with Gasteiger partial charge in [0.15, 0.2) is 0 Å². The second kappa shape index (κ2) is 5.24. The van der Waals surface area contributed by atoms with Gasteiger partial charge in [0.25, 0.3) is 10.0 Å². The first-order valence-electron chi connectivity index (χ1n) is 6.61. The van der Waals surface area contributed by atoms with Crippen LogP contribution in [0.2, 0.25) is 5.02 Å². The molecule has 0 atom stereocenters. The lowest BCUT2D eigenvalue weighted by molar-refractivity contribution is 0.601. The van der Waals surface area contributed by atoms with Crippen LogP contribution in [0.5, 0.6) is 0 Å². The Hall–Kier alpha value is -1.72. The normalized spacial score (nSPS) is 13.6. The Labute approximate surface area is 129 Å². The van der Waals surface area contributed by atoms with E-state index in [2.05, 4.69) is 10.0 Å². The van der Waals surface area contributed by atoms with Crippen LogP contribution in [0.15, 0.2) is 41.3 Å².